The minimum atomic E-state index is 0.128. The number of halogens is 1. The molecule has 0 amide bonds. The van der Waals surface area contributed by atoms with Crippen LogP contribution < -0.4 is 5.32 Å². The molecule has 0 bridgehead atoms. The van der Waals surface area contributed by atoms with E-state index in [0.717, 1.165) is 10.0 Å². The van der Waals surface area contributed by atoms with Crippen molar-refractivity contribution >= 4 is 22.9 Å². The van der Waals surface area contributed by atoms with Gasteiger partial charge in [-0.05, 0) is 31.3 Å². The van der Waals surface area contributed by atoms with Gasteiger partial charge in [-0.2, -0.15) is 0 Å². The van der Waals surface area contributed by atoms with Gasteiger partial charge in [-0.1, -0.05) is 17.7 Å². The SMILES string of the molecule is CNC(c1ccccn1)c1ccc(Cl)s1. The van der Waals surface area contributed by atoms with Crippen LogP contribution in [0.5, 0.6) is 0 Å². The standard InChI is InChI=1S/C11H11ClN2S/c1-13-11(8-4-2-3-7-14-8)9-5-6-10(12)15-9/h2-7,11,13H,1H3. The summed E-state index contributed by atoms with van der Waals surface area (Å²) in [5.74, 6) is 0. The number of hydrogen-bond acceptors (Lipinski definition) is 3. The first-order chi connectivity index (χ1) is 7.31. The molecule has 1 unspecified atom stereocenters. The van der Waals surface area contributed by atoms with Gasteiger partial charge in [0, 0.05) is 11.1 Å². The second-order valence-electron chi connectivity index (χ2n) is 3.12. The maximum atomic E-state index is 5.92. The number of pyridine rings is 1. The van der Waals surface area contributed by atoms with Gasteiger partial charge in [-0.15, -0.1) is 11.3 Å². The van der Waals surface area contributed by atoms with E-state index in [1.165, 1.54) is 4.88 Å². The van der Waals surface area contributed by atoms with Gasteiger partial charge in [0.15, 0.2) is 0 Å². The molecule has 0 radical (unpaired) electrons. The van der Waals surface area contributed by atoms with E-state index in [1.54, 1.807) is 17.5 Å². The van der Waals surface area contributed by atoms with E-state index in [0.29, 0.717) is 0 Å². The summed E-state index contributed by atoms with van der Waals surface area (Å²) in [4.78, 5) is 5.52. The molecule has 4 heteroatoms. The lowest BCUT2D eigenvalue weighted by atomic mass is 10.1. The van der Waals surface area contributed by atoms with Gasteiger partial charge in [-0.25, -0.2) is 0 Å². The molecule has 0 saturated heterocycles. The Morgan fingerprint density at radius 1 is 1.33 bits per heavy atom. The van der Waals surface area contributed by atoms with Crippen LogP contribution in [-0.2, 0) is 0 Å². The van der Waals surface area contributed by atoms with Crippen LogP contribution in [0.3, 0.4) is 0 Å². The van der Waals surface area contributed by atoms with E-state index in [-0.39, 0.29) is 6.04 Å². The number of hydrogen-bond donors (Lipinski definition) is 1. The summed E-state index contributed by atoms with van der Waals surface area (Å²) in [5.41, 5.74) is 1.01. The first-order valence-corrected chi connectivity index (χ1v) is 5.84. The predicted octanol–water partition coefficient (Wildman–Crippen LogP) is 3.11. The van der Waals surface area contributed by atoms with Gasteiger partial charge in [-0.3, -0.25) is 4.98 Å². The number of aromatic nitrogens is 1. The zero-order chi connectivity index (χ0) is 10.7. The highest BCUT2D eigenvalue weighted by Gasteiger charge is 2.14. The lowest BCUT2D eigenvalue weighted by molar-refractivity contribution is 0.682. The Morgan fingerprint density at radius 2 is 2.20 bits per heavy atom. The summed E-state index contributed by atoms with van der Waals surface area (Å²) in [6, 6.07) is 9.98. The van der Waals surface area contributed by atoms with Crippen molar-refractivity contribution in [1.29, 1.82) is 0 Å². The molecule has 2 aromatic heterocycles. The molecule has 2 heterocycles. The Labute approximate surface area is 97.9 Å². The molecule has 0 spiro atoms. The molecule has 0 saturated carbocycles. The molecule has 0 aliphatic heterocycles. The van der Waals surface area contributed by atoms with Crippen LogP contribution in [-0.4, -0.2) is 12.0 Å². The second-order valence-corrected chi connectivity index (χ2v) is 4.86. The maximum Gasteiger partial charge on any atom is 0.0931 e. The number of rotatable bonds is 3. The van der Waals surface area contributed by atoms with Crippen LogP contribution in [0.15, 0.2) is 36.5 Å². The van der Waals surface area contributed by atoms with E-state index in [1.807, 2.05) is 37.4 Å². The van der Waals surface area contributed by atoms with Gasteiger partial charge < -0.3 is 5.32 Å². The van der Waals surface area contributed by atoms with Crippen molar-refractivity contribution in [2.45, 2.75) is 6.04 Å². The molecular weight excluding hydrogens is 228 g/mol. The normalized spacial score (nSPS) is 12.7. The van der Waals surface area contributed by atoms with Crippen molar-refractivity contribution in [3.63, 3.8) is 0 Å². The Bertz CT molecular complexity index is 427. The fourth-order valence-electron chi connectivity index (χ4n) is 1.47. The largest absolute Gasteiger partial charge is 0.307 e. The third-order valence-corrected chi connectivity index (χ3v) is 3.45. The Hall–Kier alpha value is -0.900. The van der Waals surface area contributed by atoms with E-state index in [4.69, 9.17) is 11.6 Å². The van der Waals surface area contributed by atoms with Crippen molar-refractivity contribution in [3.8, 4) is 0 Å². The first-order valence-electron chi connectivity index (χ1n) is 4.64. The molecule has 0 aliphatic rings. The summed E-state index contributed by atoms with van der Waals surface area (Å²) in [5, 5.41) is 3.24. The summed E-state index contributed by atoms with van der Waals surface area (Å²) in [6.07, 6.45) is 1.80. The monoisotopic (exact) mass is 238 g/mol. The highest BCUT2D eigenvalue weighted by Crippen LogP contribution is 2.29. The third-order valence-electron chi connectivity index (χ3n) is 2.15. The molecule has 15 heavy (non-hydrogen) atoms. The quantitative estimate of drug-likeness (QED) is 0.889. The molecule has 1 atom stereocenters. The molecule has 0 aromatic carbocycles. The van der Waals surface area contributed by atoms with Crippen molar-refractivity contribution in [2.24, 2.45) is 0 Å². The average Bonchev–Trinajstić information content (AvgIpc) is 2.68. The van der Waals surface area contributed by atoms with Gasteiger partial charge >= 0.3 is 0 Å². The van der Waals surface area contributed by atoms with Crippen LogP contribution in [0.4, 0.5) is 0 Å². The molecular formula is C11H11ClN2S. The van der Waals surface area contributed by atoms with Crippen molar-refractivity contribution in [1.82, 2.24) is 10.3 Å². The minimum absolute atomic E-state index is 0.128. The van der Waals surface area contributed by atoms with Crippen molar-refractivity contribution in [2.75, 3.05) is 7.05 Å². The third kappa shape index (κ3) is 2.37. The molecule has 2 rings (SSSR count). The summed E-state index contributed by atoms with van der Waals surface area (Å²) >= 11 is 7.50. The van der Waals surface area contributed by atoms with Crippen LogP contribution >= 0.6 is 22.9 Å². The van der Waals surface area contributed by atoms with Crippen LogP contribution in [0.2, 0.25) is 4.34 Å². The summed E-state index contributed by atoms with van der Waals surface area (Å²) in [6.45, 7) is 0. The van der Waals surface area contributed by atoms with E-state index in [2.05, 4.69) is 10.3 Å². The number of thiophene rings is 1. The molecule has 1 N–H and O–H groups in total. The van der Waals surface area contributed by atoms with E-state index in [9.17, 15) is 0 Å². The first kappa shape index (κ1) is 10.6. The van der Waals surface area contributed by atoms with Crippen LogP contribution in [0, 0.1) is 0 Å². The molecule has 2 aromatic rings. The zero-order valence-electron chi connectivity index (χ0n) is 8.27. The second kappa shape index (κ2) is 4.75. The Balaban J connectivity index is 2.33. The highest BCUT2D eigenvalue weighted by molar-refractivity contribution is 7.16. The fourth-order valence-corrected chi connectivity index (χ4v) is 2.65. The predicted molar refractivity (Wildman–Crippen MR) is 64.5 cm³/mol. The van der Waals surface area contributed by atoms with Crippen molar-refractivity contribution < 1.29 is 0 Å². The molecule has 2 nitrogen and oxygen atoms in total. The highest BCUT2D eigenvalue weighted by atomic mass is 35.5. The molecule has 78 valence electrons. The molecule has 0 aliphatic carbocycles. The zero-order valence-corrected chi connectivity index (χ0v) is 9.85. The van der Waals surface area contributed by atoms with Gasteiger partial charge in [0.2, 0.25) is 0 Å². The maximum absolute atomic E-state index is 5.92. The number of nitrogens with one attached hydrogen (secondary N) is 1. The molecule has 0 fully saturated rings. The van der Waals surface area contributed by atoms with Gasteiger partial charge in [0.05, 0.1) is 16.1 Å². The van der Waals surface area contributed by atoms with E-state index >= 15 is 0 Å². The Kier molecular flexibility index (Phi) is 3.36. The van der Waals surface area contributed by atoms with Gasteiger partial charge in [0.1, 0.15) is 0 Å². The van der Waals surface area contributed by atoms with E-state index < -0.39 is 0 Å². The van der Waals surface area contributed by atoms with Gasteiger partial charge in [0.25, 0.3) is 0 Å². The minimum Gasteiger partial charge on any atom is -0.307 e. The van der Waals surface area contributed by atoms with Crippen LogP contribution in [0.1, 0.15) is 16.6 Å². The van der Waals surface area contributed by atoms with Crippen LogP contribution in [0.25, 0.3) is 0 Å². The number of nitrogens with zero attached hydrogens (tertiary/aromatic N) is 1. The summed E-state index contributed by atoms with van der Waals surface area (Å²) in [7, 11) is 1.92. The lowest BCUT2D eigenvalue weighted by Crippen LogP contribution is -2.17. The topological polar surface area (TPSA) is 24.9 Å². The summed E-state index contributed by atoms with van der Waals surface area (Å²) < 4.78 is 0.807. The smallest absolute Gasteiger partial charge is 0.0931 e. The lowest BCUT2D eigenvalue weighted by Gasteiger charge is -2.13. The fraction of sp³-hybridized carbons (Fsp3) is 0.182. The average molecular weight is 239 g/mol. The van der Waals surface area contributed by atoms with Crippen molar-refractivity contribution in [3.05, 3.63) is 51.4 Å². The Morgan fingerprint density at radius 3 is 2.73 bits per heavy atom.